The summed E-state index contributed by atoms with van der Waals surface area (Å²) in [7, 11) is -2.37. The lowest BCUT2D eigenvalue weighted by Crippen LogP contribution is -2.39. The second-order valence-corrected chi connectivity index (χ2v) is 5.86. The van der Waals surface area contributed by atoms with E-state index in [1.54, 1.807) is 13.0 Å². The van der Waals surface area contributed by atoms with Gasteiger partial charge in [-0.05, 0) is 25.1 Å². The number of nitrogens with two attached hydrogens (primary N) is 1. The number of sulfonamides is 1. The SMILES string of the molecule is CC(CN)N(C)S(=O)(=O)c1ccc(F)c(C#N)c1.Cl. The maximum Gasteiger partial charge on any atom is 0.243 e. The van der Waals surface area contributed by atoms with Gasteiger partial charge in [0.1, 0.15) is 11.9 Å². The van der Waals surface area contributed by atoms with Crippen molar-refractivity contribution in [1.82, 2.24) is 4.31 Å². The minimum Gasteiger partial charge on any atom is -0.329 e. The van der Waals surface area contributed by atoms with E-state index in [1.165, 1.54) is 7.05 Å². The molecule has 106 valence electrons. The van der Waals surface area contributed by atoms with E-state index in [1.807, 2.05) is 0 Å². The van der Waals surface area contributed by atoms with Crippen molar-refractivity contribution < 1.29 is 12.8 Å². The van der Waals surface area contributed by atoms with Crippen molar-refractivity contribution >= 4 is 22.4 Å². The van der Waals surface area contributed by atoms with E-state index in [0.717, 1.165) is 22.5 Å². The van der Waals surface area contributed by atoms with E-state index in [-0.39, 0.29) is 35.5 Å². The molecular weight excluding hydrogens is 293 g/mol. The predicted molar refractivity (Wildman–Crippen MR) is 71.8 cm³/mol. The number of likely N-dealkylation sites (N-methyl/N-ethyl adjacent to an activating group) is 1. The average Bonchev–Trinajstić information content (AvgIpc) is 2.37. The normalized spacial score (nSPS) is 12.6. The fourth-order valence-electron chi connectivity index (χ4n) is 1.30. The molecule has 1 unspecified atom stereocenters. The number of nitrogens with zero attached hydrogens (tertiary/aromatic N) is 2. The number of rotatable bonds is 4. The quantitative estimate of drug-likeness (QED) is 0.902. The van der Waals surface area contributed by atoms with Gasteiger partial charge in [0.15, 0.2) is 0 Å². The summed E-state index contributed by atoms with van der Waals surface area (Å²) in [5.41, 5.74) is 5.11. The third kappa shape index (κ3) is 3.64. The van der Waals surface area contributed by atoms with Gasteiger partial charge in [-0.1, -0.05) is 0 Å². The lowest BCUT2D eigenvalue weighted by molar-refractivity contribution is 0.394. The Hall–Kier alpha value is -1.20. The lowest BCUT2D eigenvalue weighted by atomic mass is 10.2. The molecule has 0 saturated heterocycles. The number of hydrogen-bond acceptors (Lipinski definition) is 4. The maximum atomic E-state index is 13.1. The zero-order chi connectivity index (χ0) is 13.9. The van der Waals surface area contributed by atoms with Crippen LogP contribution in [-0.2, 0) is 10.0 Å². The first kappa shape index (κ1) is 17.8. The van der Waals surface area contributed by atoms with E-state index in [9.17, 15) is 12.8 Å². The molecule has 2 N–H and O–H groups in total. The van der Waals surface area contributed by atoms with Crippen LogP contribution in [0.3, 0.4) is 0 Å². The highest BCUT2D eigenvalue weighted by molar-refractivity contribution is 7.89. The summed E-state index contributed by atoms with van der Waals surface area (Å²) in [6.45, 7) is 1.83. The first-order chi connectivity index (χ1) is 8.34. The molecule has 8 heteroatoms. The molecule has 0 aliphatic carbocycles. The third-order valence-corrected chi connectivity index (χ3v) is 4.66. The summed E-state index contributed by atoms with van der Waals surface area (Å²) in [4.78, 5) is -0.122. The number of nitriles is 1. The van der Waals surface area contributed by atoms with Gasteiger partial charge in [-0.25, -0.2) is 12.8 Å². The summed E-state index contributed by atoms with van der Waals surface area (Å²) in [6, 6.07) is 4.34. The highest BCUT2D eigenvalue weighted by Crippen LogP contribution is 2.19. The van der Waals surface area contributed by atoms with Crippen LogP contribution >= 0.6 is 12.4 Å². The molecule has 0 spiro atoms. The van der Waals surface area contributed by atoms with Crippen LogP contribution in [0.1, 0.15) is 12.5 Å². The first-order valence-corrected chi connectivity index (χ1v) is 6.66. The fraction of sp³-hybridized carbons (Fsp3) is 0.364. The summed E-state index contributed by atoms with van der Waals surface area (Å²) in [5.74, 6) is -0.744. The van der Waals surface area contributed by atoms with Gasteiger partial charge >= 0.3 is 0 Å². The second-order valence-electron chi connectivity index (χ2n) is 3.86. The molecule has 19 heavy (non-hydrogen) atoms. The van der Waals surface area contributed by atoms with Gasteiger partial charge in [-0.3, -0.25) is 0 Å². The molecule has 0 bridgehead atoms. The lowest BCUT2D eigenvalue weighted by Gasteiger charge is -2.23. The van der Waals surface area contributed by atoms with Gasteiger partial charge in [0.25, 0.3) is 0 Å². The zero-order valence-corrected chi connectivity index (χ0v) is 12.1. The smallest absolute Gasteiger partial charge is 0.243 e. The van der Waals surface area contributed by atoms with Crippen LogP contribution in [0.2, 0.25) is 0 Å². The second kappa shape index (κ2) is 6.82. The molecule has 1 aromatic rings. The zero-order valence-electron chi connectivity index (χ0n) is 10.5. The van der Waals surface area contributed by atoms with E-state index >= 15 is 0 Å². The Balaban J connectivity index is 0.00000324. The van der Waals surface area contributed by atoms with E-state index in [2.05, 4.69) is 0 Å². The Morgan fingerprint density at radius 3 is 2.58 bits per heavy atom. The molecule has 0 amide bonds. The molecule has 1 rings (SSSR count). The minimum atomic E-state index is -3.76. The minimum absolute atomic E-state index is 0. The van der Waals surface area contributed by atoms with Gasteiger partial charge in [0.2, 0.25) is 10.0 Å². The van der Waals surface area contributed by atoms with Crippen LogP contribution in [0, 0.1) is 17.1 Å². The summed E-state index contributed by atoms with van der Waals surface area (Å²) >= 11 is 0. The summed E-state index contributed by atoms with van der Waals surface area (Å²) in [6.07, 6.45) is 0. The molecule has 0 saturated carbocycles. The first-order valence-electron chi connectivity index (χ1n) is 5.22. The summed E-state index contributed by atoms with van der Waals surface area (Å²) in [5, 5.41) is 8.68. The van der Waals surface area contributed by atoms with Crippen molar-refractivity contribution in [3.05, 3.63) is 29.6 Å². The van der Waals surface area contributed by atoms with Crippen molar-refractivity contribution in [2.45, 2.75) is 17.9 Å². The van der Waals surface area contributed by atoms with Gasteiger partial charge in [-0.15, -0.1) is 12.4 Å². The monoisotopic (exact) mass is 307 g/mol. The van der Waals surface area contributed by atoms with Crippen LogP contribution < -0.4 is 5.73 Å². The molecule has 0 aromatic heterocycles. The highest BCUT2D eigenvalue weighted by atomic mass is 35.5. The van der Waals surface area contributed by atoms with Crippen molar-refractivity contribution in [3.63, 3.8) is 0 Å². The molecule has 1 aromatic carbocycles. The van der Waals surface area contributed by atoms with Crippen LogP contribution in [-0.4, -0.2) is 32.4 Å². The summed E-state index contributed by atoms with van der Waals surface area (Å²) < 4.78 is 38.5. The van der Waals surface area contributed by atoms with Gasteiger partial charge in [-0.2, -0.15) is 9.57 Å². The molecule has 0 radical (unpaired) electrons. The van der Waals surface area contributed by atoms with Crippen LogP contribution in [0.15, 0.2) is 23.1 Å². The Kier molecular flexibility index (Phi) is 6.39. The maximum absolute atomic E-state index is 13.1. The molecular formula is C11H15ClFN3O2S. The third-order valence-electron chi connectivity index (χ3n) is 2.70. The van der Waals surface area contributed by atoms with Gasteiger partial charge < -0.3 is 5.73 Å². The van der Waals surface area contributed by atoms with Crippen LogP contribution in [0.4, 0.5) is 4.39 Å². The Bertz CT molecular complexity index is 586. The van der Waals surface area contributed by atoms with Crippen LogP contribution in [0.25, 0.3) is 0 Å². The molecule has 1 atom stereocenters. The van der Waals surface area contributed by atoms with Crippen LogP contribution in [0.5, 0.6) is 0 Å². The predicted octanol–water partition coefficient (Wildman–Crippen LogP) is 1.09. The standard InChI is InChI=1S/C11H14FN3O2S.ClH/c1-8(6-13)15(2)18(16,17)10-3-4-11(12)9(5-10)7-14;/h3-5,8H,6,13H2,1-2H3;1H. The molecule has 5 nitrogen and oxygen atoms in total. The van der Waals surface area contributed by atoms with Crippen molar-refractivity contribution in [2.75, 3.05) is 13.6 Å². The average molecular weight is 308 g/mol. The van der Waals surface area contributed by atoms with Crippen molar-refractivity contribution in [1.29, 1.82) is 5.26 Å². The van der Waals surface area contributed by atoms with Gasteiger partial charge in [0, 0.05) is 19.6 Å². The molecule has 0 aliphatic heterocycles. The largest absolute Gasteiger partial charge is 0.329 e. The fourth-order valence-corrected chi connectivity index (χ4v) is 2.70. The van der Waals surface area contributed by atoms with E-state index in [4.69, 9.17) is 11.0 Å². The number of benzene rings is 1. The number of hydrogen-bond donors (Lipinski definition) is 1. The molecule has 0 fully saturated rings. The van der Waals surface area contributed by atoms with E-state index < -0.39 is 15.8 Å². The Labute approximate surface area is 118 Å². The molecule has 0 heterocycles. The topological polar surface area (TPSA) is 87.2 Å². The van der Waals surface area contributed by atoms with E-state index in [0.29, 0.717) is 0 Å². The van der Waals surface area contributed by atoms with Gasteiger partial charge in [0.05, 0.1) is 10.5 Å². The highest BCUT2D eigenvalue weighted by Gasteiger charge is 2.25. The van der Waals surface area contributed by atoms with Crippen molar-refractivity contribution in [2.24, 2.45) is 5.73 Å². The Morgan fingerprint density at radius 2 is 2.11 bits per heavy atom. The Morgan fingerprint density at radius 1 is 1.53 bits per heavy atom. The molecule has 0 aliphatic rings. The van der Waals surface area contributed by atoms with Crippen molar-refractivity contribution in [3.8, 4) is 6.07 Å². The number of halogens is 2.